The van der Waals surface area contributed by atoms with Crippen LogP contribution in [0, 0.1) is 5.82 Å². The molecule has 1 aromatic rings. The van der Waals surface area contributed by atoms with Crippen LogP contribution in [0.4, 0.5) is 4.39 Å². The van der Waals surface area contributed by atoms with Crippen LogP contribution in [0.5, 0.6) is 5.75 Å². The number of carbonyl (C=O) groups excluding carboxylic acids is 1. The highest BCUT2D eigenvalue weighted by Crippen LogP contribution is 2.22. The van der Waals surface area contributed by atoms with Crippen molar-refractivity contribution in [2.75, 3.05) is 20.3 Å². The summed E-state index contributed by atoms with van der Waals surface area (Å²) < 4.78 is 23.5. The summed E-state index contributed by atoms with van der Waals surface area (Å²) in [6.45, 7) is 4.89. The zero-order chi connectivity index (χ0) is 14.3. The van der Waals surface area contributed by atoms with Crippen molar-refractivity contribution in [3.05, 3.63) is 29.6 Å². The summed E-state index contributed by atoms with van der Waals surface area (Å²) in [6.07, 6.45) is 0.103. The molecule has 1 N–H and O–H groups in total. The zero-order valence-corrected chi connectivity index (χ0v) is 11.5. The highest BCUT2D eigenvalue weighted by molar-refractivity contribution is 5.69. The van der Waals surface area contributed by atoms with Crippen molar-refractivity contribution in [2.24, 2.45) is 0 Å². The number of hydrogen-bond acceptors (Lipinski definition) is 4. The van der Waals surface area contributed by atoms with Crippen LogP contribution in [0.3, 0.4) is 0 Å². The molecule has 1 rings (SSSR count). The van der Waals surface area contributed by atoms with E-state index in [9.17, 15) is 9.18 Å². The van der Waals surface area contributed by atoms with Gasteiger partial charge in [0.15, 0.2) is 11.6 Å². The van der Waals surface area contributed by atoms with Crippen LogP contribution in [0.25, 0.3) is 0 Å². The Balaban J connectivity index is 2.59. The van der Waals surface area contributed by atoms with Crippen LogP contribution < -0.4 is 10.1 Å². The lowest BCUT2D eigenvalue weighted by molar-refractivity contribution is -0.141. The Morgan fingerprint density at radius 1 is 1.47 bits per heavy atom. The highest BCUT2D eigenvalue weighted by Gasteiger charge is 2.10. The highest BCUT2D eigenvalue weighted by atomic mass is 19.1. The summed E-state index contributed by atoms with van der Waals surface area (Å²) in [5, 5.41) is 3.21. The van der Waals surface area contributed by atoms with Crippen molar-refractivity contribution in [3.63, 3.8) is 0 Å². The van der Waals surface area contributed by atoms with E-state index in [1.54, 1.807) is 6.07 Å². The van der Waals surface area contributed by atoms with Gasteiger partial charge in [0.2, 0.25) is 0 Å². The van der Waals surface area contributed by atoms with Gasteiger partial charge in [0.1, 0.15) is 0 Å². The molecule has 0 aliphatic carbocycles. The Kier molecular flexibility index (Phi) is 6.29. The van der Waals surface area contributed by atoms with Gasteiger partial charge in [-0.15, -0.1) is 0 Å². The van der Waals surface area contributed by atoms with Crippen LogP contribution in [-0.4, -0.2) is 26.2 Å². The number of methoxy groups -OCH3 is 1. The molecule has 0 heterocycles. The third kappa shape index (κ3) is 4.87. The van der Waals surface area contributed by atoms with Crippen molar-refractivity contribution in [3.8, 4) is 5.75 Å². The molecule has 4 nitrogen and oxygen atoms in total. The summed E-state index contributed by atoms with van der Waals surface area (Å²) in [5.41, 5.74) is 0.861. The second-order valence-electron chi connectivity index (χ2n) is 4.14. The van der Waals surface area contributed by atoms with E-state index >= 15 is 0 Å². The molecule has 19 heavy (non-hydrogen) atoms. The molecule has 0 aliphatic heterocycles. The van der Waals surface area contributed by atoms with Crippen LogP contribution in [0.15, 0.2) is 18.2 Å². The van der Waals surface area contributed by atoms with Crippen LogP contribution in [0.2, 0.25) is 0 Å². The molecule has 1 atom stereocenters. The smallest absolute Gasteiger partial charge is 0.308 e. The SMILES string of the molecule is CCNC(C)c1ccc(OCCC(=O)OC)c(F)c1. The number of rotatable bonds is 7. The summed E-state index contributed by atoms with van der Waals surface area (Å²) in [6, 6.07) is 4.92. The predicted octanol–water partition coefficient (Wildman–Crippen LogP) is 2.44. The normalized spacial score (nSPS) is 12.0. The quantitative estimate of drug-likeness (QED) is 0.772. The Bertz CT molecular complexity index is 423. The molecule has 0 aliphatic rings. The number of benzene rings is 1. The van der Waals surface area contributed by atoms with Gasteiger partial charge in [0, 0.05) is 6.04 Å². The minimum absolute atomic E-state index is 0.0867. The van der Waals surface area contributed by atoms with E-state index in [1.165, 1.54) is 13.2 Å². The van der Waals surface area contributed by atoms with Crippen molar-refractivity contribution >= 4 is 5.97 Å². The zero-order valence-electron chi connectivity index (χ0n) is 11.5. The second kappa shape index (κ2) is 7.74. The average molecular weight is 269 g/mol. The molecule has 0 saturated heterocycles. The lowest BCUT2D eigenvalue weighted by Crippen LogP contribution is -2.17. The molecule has 1 unspecified atom stereocenters. The van der Waals surface area contributed by atoms with Gasteiger partial charge in [0.05, 0.1) is 20.1 Å². The molecular formula is C14H20FNO3. The van der Waals surface area contributed by atoms with Crippen molar-refractivity contribution in [1.29, 1.82) is 0 Å². The molecule has 0 radical (unpaired) electrons. The number of esters is 1. The van der Waals surface area contributed by atoms with Gasteiger partial charge in [0.25, 0.3) is 0 Å². The minimum Gasteiger partial charge on any atom is -0.490 e. The van der Waals surface area contributed by atoms with Gasteiger partial charge in [-0.3, -0.25) is 4.79 Å². The van der Waals surface area contributed by atoms with E-state index in [-0.39, 0.29) is 30.8 Å². The van der Waals surface area contributed by atoms with Gasteiger partial charge in [-0.2, -0.15) is 0 Å². The maximum Gasteiger partial charge on any atom is 0.308 e. The molecule has 0 spiro atoms. The Morgan fingerprint density at radius 2 is 2.21 bits per heavy atom. The fraction of sp³-hybridized carbons (Fsp3) is 0.500. The molecule has 0 aromatic heterocycles. The summed E-state index contributed by atoms with van der Waals surface area (Å²) >= 11 is 0. The van der Waals surface area contributed by atoms with E-state index in [1.807, 2.05) is 19.9 Å². The first-order valence-electron chi connectivity index (χ1n) is 6.31. The van der Waals surface area contributed by atoms with E-state index in [4.69, 9.17) is 4.74 Å². The fourth-order valence-electron chi connectivity index (χ4n) is 1.67. The molecule has 0 bridgehead atoms. The number of hydrogen-bond donors (Lipinski definition) is 1. The standard InChI is InChI=1S/C14H20FNO3/c1-4-16-10(2)11-5-6-13(12(15)9-11)19-8-7-14(17)18-3/h5-6,9-10,16H,4,7-8H2,1-3H3. The molecule has 0 amide bonds. The third-order valence-electron chi connectivity index (χ3n) is 2.76. The largest absolute Gasteiger partial charge is 0.490 e. The van der Waals surface area contributed by atoms with Crippen molar-refractivity contribution < 1.29 is 18.7 Å². The van der Waals surface area contributed by atoms with Gasteiger partial charge >= 0.3 is 5.97 Å². The summed E-state index contributed by atoms with van der Waals surface area (Å²) in [5.74, 6) is -0.652. The summed E-state index contributed by atoms with van der Waals surface area (Å²) in [4.78, 5) is 10.9. The average Bonchev–Trinajstić information content (AvgIpc) is 2.40. The van der Waals surface area contributed by atoms with E-state index in [0.29, 0.717) is 0 Å². The monoisotopic (exact) mass is 269 g/mol. The lowest BCUT2D eigenvalue weighted by Gasteiger charge is -2.14. The molecule has 106 valence electrons. The topological polar surface area (TPSA) is 47.6 Å². The van der Waals surface area contributed by atoms with Gasteiger partial charge in [-0.25, -0.2) is 4.39 Å². The number of nitrogens with one attached hydrogen (secondary N) is 1. The van der Waals surface area contributed by atoms with Gasteiger partial charge in [-0.1, -0.05) is 13.0 Å². The first kappa shape index (κ1) is 15.4. The maximum atomic E-state index is 13.8. The van der Waals surface area contributed by atoms with E-state index < -0.39 is 5.82 Å². The van der Waals surface area contributed by atoms with Gasteiger partial charge < -0.3 is 14.8 Å². The molecular weight excluding hydrogens is 249 g/mol. The van der Waals surface area contributed by atoms with E-state index in [2.05, 4.69) is 10.1 Å². The van der Waals surface area contributed by atoms with Gasteiger partial charge in [-0.05, 0) is 31.2 Å². The van der Waals surface area contributed by atoms with Crippen molar-refractivity contribution in [1.82, 2.24) is 5.32 Å². The lowest BCUT2D eigenvalue weighted by atomic mass is 10.1. The number of halogens is 1. The maximum absolute atomic E-state index is 13.8. The molecule has 1 aromatic carbocycles. The first-order chi connectivity index (χ1) is 9.08. The molecule has 5 heteroatoms. The Hall–Kier alpha value is -1.62. The number of ether oxygens (including phenoxy) is 2. The molecule has 0 fully saturated rings. The second-order valence-corrected chi connectivity index (χ2v) is 4.14. The Morgan fingerprint density at radius 3 is 2.79 bits per heavy atom. The predicted molar refractivity (Wildman–Crippen MR) is 70.6 cm³/mol. The molecule has 0 saturated carbocycles. The fourth-order valence-corrected chi connectivity index (χ4v) is 1.67. The van der Waals surface area contributed by atoms with Crippen LogP contribution in [-0.2, 0) is 9.53 Å². The van der Waals surface area contributed by atoms with Crippen LogP contribution in [0.1, 0.15) is 31.9 Å². The first-order valence-corrected chi connectivity index (χ1v) is 6.31. The number of carbonyl (C=O) groups is 1. The van der Waals surface area contributed by atoms with E-state index in [0.717, 1.165) is 12.1 Å². The third-order valence-corrected chi connectivity index (χ3v) is 2.76. The summed E-state index contributed by atoms with van der Waals surface area (Å²) in [7, 11) is 1.31. The minimum atomic E-state index is -0.424. The Labute approximate surface area is 112 Å². The van der Waals surface area contributed by atoms with Crippen LogP contribution >= 0.6 is 0 Å². The van der Waals surface area contributed by atoms with Crippen molar-refractivity contribution in [2.45, 2.75) is 26.3 Å².